The molecular formula is C16H14F2N2. The molecule has 0 spiro atoms. The summed E-state index contributed by atoms with van der Waals surface area (Å²) in [5.41, 5.74) is 2.38. The number of rotatable bonds is 3. The highest BCUT2D eigenvalue weighted by molar-refractivity contribution is 5.61. The van der Waals surface area contributed by atoms with E-state index in [1.165, 1.54) is 12.1 Å². The third-order valence-corrected chi connectivity index (χ3v) is 3.19. The molecule has 1 unspecified atom stereocenters. The Morgan fingerprint density at radius 2 is 1.95 bits per heavy atom. The molecule has 0 bridgehead atoms. The third-order valence-electron chi connectivity index (χ3n) is 3.19. The molecule has 0 radical (unpaired) electrons. The number of nitriles is 1. The number of hydrogen-bond acceptors (Lipinski definition) is 2. The van der Waals surface area contributed by atoms with E-state index < -0.39 is 11.6 Å². The average molecular weight is 272 g/mol. The van der Waals surface area contributed by atoms with E-state index in [0.29, 0.717) is 16.8 Å². The number of benzene rings is 2. The minimum atomic E-state index is -0.605. The van der Waals surface area contributed by atoms with Gasteiger partial charge in [0.25, 0.3) is 0 Å². The summed E-state index contributed by atoms with van der Waals surface area (Å²) in [6.07, 6.45) is 0. The molecule has 0 heterocycles. The minimum Gasteiger partial charge on any atom is -0.377 e. The molecule has 2 rings (SSSR count). The maximum Gasteiger partial charge on any atom is 0.131 e. The smallest absolute Gasteiger partial charge is 0.131 e. The molecule has 0 aliphatic rings. The molecule has 4 heteroatoms. The molecule has 0 aliphatic carbocycles. The lowest BCUT2D eigenvalue weighted by Gasteiger charge is -2.18. The van der Waals surface area contributed by atoms with Crippen molar-refractivity contribution in [1.29, 1.82) is 5.26 Å². The van der Waals surface area contributed by atoms with Gasteiger partial charge in [-0.2, -0.15) is 5.26 Å². The first kappa shape index (κ1) is 14.0. The highest BCUT2D eigenvalue weighted by Crippen LogP contribution is 2.25. The Morgan fingerprint density at radius 3 is 2.60 bits per heavy atom. The van der Waals surface area contributed by atoms with Gasteiger partial charge in [-0.05, 0) is 31.5 Å². The molecule has 0 fully saturated rings. The Balaban J connectivity index is 2.31. The third kappa shape index (κ3) is 2.77. The molecule has 0 amide bonds. The highest BCUT2D eigenvalue weighted by Gasteiger charge is 2.13. The second-order valence-electron chi connectivity index (χ2n) is 4.64. The van der Waals surface area contributed by atoms with Crippen molar-refractivity contribution in [3.63, 3.8) is 0 Å². The van der Waals surface area contributed by atoms with Crippen LogP contribution in [0.3, 0.4) is 0 Å². The van der Waals surface area contributed by atoms with Crippen LogP contribution in [0.1, 0.15) is 29.7 Å². The predicted octanol–water partition coefficient (Wildman–Crippen LogP) is 4.32. The van der Waals surface area contributed by atoms with Gasteiger partial charge >= 0.3 is 0 Å². The quantitative estimate of drug-likeness (QED) is 0.903. The van der Waals surface area contributed by atoms with E-state index in [9.17, 15) is 8.78 Å². The molecule has 102 valence electrons. The van der Waals surface area contributed by atoms with Crippen molar-refractivity contribution in [3.05, 3.63) is 64.7 Å². The van der Waals surface area contributed by atoms with Crippen LogP contribution in [0.4, 0.5) is 14.5 Å². The van der Waals surface area contributed by atoms with Crippen LogP contribution in [-0.4, -0.2) is 0 Å². The molecular weight excluding hydrogens is 258 g/mol. The number of aryl methyl sites for hydroxylation is 1. The normalized spacial score (nSPS) is 11.8. The molecule has 0 saturated heterocycles. The second kappa shape index (κ2) is 5.70. The lowest BCUT2D eigenvalue weighted by atomic mass is 10.0. The Kier molecular flexibility index (Phi) is 3.99. The zero-order valence-electron chi connectivity index (χ0n) is 11.2. The van der Waals surface area contributed by atoms with E-state index in [1.54, 1.807) is 13.0 Å². The fourth-order valence-electron chi connectivity index (χ4n) is 2.10. The highest BCUT2D eigenvalue weighted by atomic mass is 19.1. The first-order valence-electron chi connectivity index (χ1n) is 6.24. The fourth-order valence-corrected chi connectivity index (χ4v) is 2.10. The Morgan fingerprint density at radius 1 is 1.20 bits per heavy atom. The largest absolute Gasteiger partial charge is 0.377 e. The summed E-state index contributed by atoms with van der Waals surface area (Å²) in [6, 6.07) is 10.7. The van der Waals surface area contributed by atoms with Gasteiger partial charge in [0.2, 0.25) is 0 Å². The van der Waals surface area contributed by atoms with Gasteiger partial charge < -0.3 is 5.32 Å². The van der Waals surface area contributed by atoms with Gasteiger partial charge in [-0.3, -0.25) is 0 Å². The lowest BCUT2D eigenvalue weighted by molar-refractivity contribution is 0.566. The van der Waals surface area contributed by atoms with Gasteiger partial charge in [0.15, 0.2) is 0 Å². The summed E-state index contributed by atoms with van der Waals surface area (Å²) in [5, 5.41) is 12.3. The standard InChI is InChI=1S/C16H14F2N2/c1-10-4-3-5-16(14(10)9-19)20-11(2)13-7-6-12(17)8-15(13)18/h3-8,11,20H,1-2H3. The first-order chi connectivity index (χ1) is 9.52. The first-order valence-corrected chi connectivity index (χ1v) is 6.24. The van der Waals surface area contributed by atoms with E-state index in [4.69, 9.17) is 5.26 Å². The molecule has 1 N–H and O–H groups in total. The minimum absolute atomic E-state index is 0.358. The van der Waals surface area contributed by atoms with Crippen molar-refractivity contribution in [2.45, 2.75) is 19.9 Å². The van der Waals surface area contributed by atoms with Crippen LogP contribution in [0.25, 0.3) is 0 Å². The lowest BCUT2D eigenvalue weighted by Crippen LogP contribution is -2.10. The van der Waals surface area contributed by atoms with Gasteiger partial charge in [0.1, 0.15) is 17.7 Å². The maximum atomic E-state index is 13.7. The molecule has 1 atom stereocenters. The number of nitrogens with zero attached hydrogens (tertiary/aromatic N) is 1. The SMILES string of the molecule is Cc1cccc(NC(C)c2ccc(F)cc2F)c1C#N. The van der Waals surface area contributed by atoms with E-state index >= 15 is 0 Å². The maximum absolute atomic E-state index is 13.7. The van der Waals surface area contributed by atoms with Crippen molar-refractivity contribution < 1.29 is 8.78 Å². The summed E-state index contributed by atoms with van der Waals surface area (Å²) in [6.45, 7) is 3.60. The molecule has 2 nitrogen and oxygen atoms in total. The molecule has 20 heavy (non-hydrogen) atoms. The van der Waals surface area contributed by atoms with Crippen LogP contribution in [-0.2, 0) is 0 Å². The molecule has 2 aromatic rings. The van der Waals surface area contributed by atoms with Crippen molar-refractivity contribution in [3.8, 4) is 6.07 Å². The Labute approximate surface area is 116 Å². The summed E-state index contributed by atoms with van der Waals surface area (Å²) in [5.74, 6) is -1.21. The number of nitrogens with one attached hydrogen (secondary N) is 1. The van der Waals surface area contributed by atoms with Crippen LogP contribution in [0, 0.1) is 29.9 Å². The zero-order valence-corrected chi connectivity index (χ0v) is 11.2. The molecule has 0 aromatic heterocycles. The van der Waals surface area contributed by atoms with Crippen molar-refractivity contribution in [1.82, 2.24) is 0 Å². The van der Waals surface area contributed by atoms with Gasteiger partial charge in [-0.1, -0.05) is 18.2 Å². The topological polar surface area (TPSA) is 35.8 Å². The molecule has 0 aliphatic heterocycles. The zero-order chi connectivity index (χ0) is 14.7. The van der Waals surface area contributed by atoms with E-state index in [1.807, 2.05) is 19.1 Å². The van der Waals surface area contributed by atoms with Gasteiger partial charge in [0.05, 0.1) is 17.3 Å². The van der Waals surface area contributed by atoms with E-state index in [0.717, 1.165) is 11.6 Å². The van der Waals surface area contributed by atoms with E-state index in [-0.39, 0.29) is 6.04 Å². The fraction of sp³-hybridized carbons (Fsp3) is 0.188. The summed E-state index contributed by atoms with van der Waals surface area (Å²) in [4.78, 5) is 0. The van der Waals surface area contributed by atoms with Crippen molar-refractivity contribution >= 4 is 5.69 Å². The van der Waals surface area contributed by atoms with Gasteiger partial charge in [0, 0.05) is 11.6 Å². The number of halogens is 2. The van der Waals surface area contributed by atoms with E-state index in [2.05, 4.69) is 11.4 Å². The second-order valence-corrected chi connectivity index (χ2v) is 4.64. The van der Waals surface area contributed by atoms with Crippen LogP contribution < -0.4 is 5.32 Å². The summed E-state index contributed by atoms with van der Waals surface area (Å²) in [7, 11) is 0. The van der Waals surface area contributed by atoms with Crippen LogP contribution in [0.5, 0.6) is 0 Å². The van der Waals surface area contributed by atoms with Gasteiger partial charge in [-0.25, -0.2) is 8.78 Å². The molecule has 2 aromatic carbocycles. The van der Waals surface area contributed by atoms with Crippen LogP contribution in [0.15, 0.2) is 36.4 Å². The Bertz CT molecular complexity index is 675. The summed E-state index contributed by atoms with van der Waals surface area (Å²) >= 11 is 0. The number of anilines is 1. The Hall–Kier alpha value is -2.41. The van der Waals surface area contributed by atoms with Crippen LogP contribution in [0.2, 0.25) is 0 Å². The molecule has 0 saturated carbocycles. The monoisotopic (exact) mass is 272 g/mol. The predicted molar refractivity (Wildman–Crippen MR) is 74.3 cm³/mol. The number of hydrogen-bond donors (Lipinski definition) is 1. The van der Waals surface area contributed by atoms with Crippen molar-refractivity contribution in [2.75, 3.05) is 5.32 Å². The van der Waals surface area contributed by atoms with Gasteiger partial charge in [-0.15, -0.1) is 0 Å². The van der Waals surface area contributed by atoms with Crippen LogP contribution >= 0.6 is 0 Å². The average Bonchev–Trinajstić information content (AvgIpc) is 2.38. The summed E-state index contributed by atoms with van der Waals surface area (Å²) < 4.78 is 26.6. The van der Waals surface area contributed by atoms with Crippen molar-refractivity contribution in [2.24, 2.45) is 0 Å².